The van der Waals surface area contributed by atoms with Gasteiger partial charge in [-0.1, -0.05) is 41.1 Å². The third-order valence-electron chi connectivity index (χ3n) is 2.33. The monoisotopic (exact) mass is 288 g/mol. The van der Waals surface area contributed by atoms with Crippen LogP contribution in [-0.4, -0.2) is 10.6 Å². The van der Waals surface area contributed by atoms with E-state index in [-0.39, 0.29) is 10.6 Å². The molecular formula is C12H14BrClO. The summed E-state index contributed by atoms with van der Waals surface area (Å²) >= 11 is 9.06. The van der Waals surface area contributed by atoms with Crippen LogP contribution in [0.1, 0.15) is 35.3 Å². The number of carbonyl (C=O) groups excluding carboxylic acids is 1. The van der Waals surface area contributed by atoms with Crippen LogP contribution in [0.5, 0.6) is 0 Å². The molecule has 0 aliphatic carbocycles. The fourth-order valence-electron chi connectivity index (χ4n) is 1.48. The standard InChI is InChI=1S/C12H14BrClO/c1-3-10-6-9(7-14)4-5-11(10)12(15)8(2)13/h4-6,8H,3,7H2,1-2H3. The van der Waals surface area contributed by atoms with Gasteiger partial charge in [-0.2, -0.15) is 0 Å². The summed E-state index contributed by atoms with van der Waals surface area (Å²) in [5, 5.41) is 0. The lowest BCUT2D eigenvalue weighted by atomic mass is 9.98. The van der Waals surface area contributed by atoms with E-state index in [9.17, 15) is 4.79 Å². The van der Waals surface area contributed by atoms with Gasteiger partial charge in [-0.05, 0) is 24.5 Å². The Morgan fingerprint density at radius 1 is 1.53 bits per heavy atom. The molecule has 1 unspecified atom stereocenters. The lowest BCUT2D eigenvalue weighted by Gasteiger charge is -2.09. The van der Waals surface area contributed by atoms with Crippen LogP contribution in [0.4, 0.5) is 0 Å². The summed E-state index contributed by atoms with van der Waals surface area (Å²) in [7, 11) is 0. The van der Waals surface area contributed by atoms with Gasteiger partial charge in [0.15, 0.2) is 5.78 Å². The highest BCUT2D eigenvalue weighted by Gasteiger charge is 2.15. The van der Waals surface area contributed by atoms with Crippen molar-refractivity contribution in [2.24, 2.45) is 0 Å². The third kappa shape index (κ3) is 3.05. The average Bonchev–Trinajstić information content (AvgIpc) is 2.27. The normalized spacial score (nSPS) is 12.5. The number of Topliss-reactive ketones (excluding diaryl/α,β-unsaturated/α-hetero) is 1. The van der Waals surface area contributed by atoms with Crippen molar-refractivity contribution in [3.05, 3.63) is 34.9 Å². The van der Waals surface area contributed by atoms with Crippen molar-refractivity contribution < 1.29 is 4.79 Å². The molecule has 1 aromatic rings. The molecule has 0 radical (unpaired) electrons. The number of hydrogen-bond donors (Lipinski definition) is 0. The van der Waals surface area contributed by atoms with Gasteiger partial charge in [0.25, 0.3) is 0 Å². The van der Waals surface area contributed by atoms with Crippen LogP contribution in [0, 0.1) is 0 Å². The summed E-state index contributed by atoms with van der Waals surface area (Å²) in [5.74, 6) is 0.624. The molecule has 1 rings (SSSR count). The lowest BCUT2D eigenvalue weighted by molar-refractivity contribution is 0.0995. The Balaban J connectivity index is 3.13. The summed E-state index contributed by atoms with van der Waals surface area (Å²) in [4.78, 5) is 11.7. The molecule has 0 amide bonds. The van der Waals surface area contributed by atoms with Crippen LogP contribution in [-0.2, 0) is 12.3 Å². The minimum absolute atomic E-state index is 0.132. The summed E-state index contributed by atoms with van der Waals surface area (Å²) in [6.07, 6.45) is 0.853. The Morgan fingerprint density at radius 3 is 2.67 bits per heavy atom. The summed E-state index contributed by atoms with van der Waals surface area (Å²) in [6.45, 7) is 3.89. The van der Waals surface area contributed by atoms with E-state index >= 15 is 0 Å². The van der Waals surface area contributed by atoms with Crippen molar-refractivity contribution >= 4 is 33.3 Å². The van der Waals surface area contributed by atoms with Gasteiger partial charge in [0.05, 0.1) is 4.83 Å². The number of carbonyl (C=O) groups is 1. The van der Waals surface area contributed by atoms with Gasteiger partial charge in [0.2, 0.25) is 0 Å². The quantitative estimate of drug-likeness (QED) is 0.606. The second-order valence-corrected chi connectivity index (χ2v) is 5.10. The van der Waals surface area contributed by atoms with E-state index in [0.717, 1.165) is 23.1 Å². The maximum atomic E-state index is 11.8. The molecule has 0 aromatic heterocycles. The number of rotatable bonds is 4. The van der Waals surface area contributed by atoms with Gasteiger partial charge in [-0.15, -0.1) is 11.6 Å². The number of alkyl halides is 2. The third-order valence-corrected chi connectivity index (χ3v) is 3.06. The number of ketones is 1. The molecule has 82 valence electrons. The van der Waals surface area contributed by atoms with Gasteiger partial charge in [0, 0.05) is 11.4 Å². The summed E-state index contributed by atoms with van der Waals surface area (Å²) in [6, 6.07) is 5.79. The van der Waals surface area contributed by atoms with E-state index in [4.69, 9.17) is 11.6 Å². The second kappa shape index (κ2) is 5.66. The average molecular weight is 290 g/mol. The Labute approximate surface area is 104 Å². The van der Waals surface area contributed by atoms with E-state index in [0.29, 0.717) is 5.88 Å². The van der Waals surface area contributed by atoms with E-state index in [1.165, 1.54) is 0 Å². The van der Waals surface area contributed by atoms with Crippen LogP contribution in [0.2, 0.25) is 0 Å². The Morgan fingerprint density at radius 2 is 2.20 bits per heavy atom. The predicted octanol–water partition coefficient (Wildman–Crippen LogP) is 3.95. The zero-order valence-electron chi connectivity index (χ0n) is 8.89. The zero-order valence-corrected chi connectivity index (χ0v) is 11.2. The first kappa shape index (κ1) is 12.7. The van der Waals surface area contributed by atoms with E-state index < -0.39 is 0 Å². The molecule has 1 nitrogen and oxygen atoms in total. The summed E-state index contributed by atoms with van der Waals surface area (Å²) < 4.78 is 0. The van der Waals surface area contributed by atoms with E-state index in [1.54, 1.807) is 0 Å². The first-order valence-electron chi connectivity index (χ1n) is 4.96. The highest BCUT2D eigenvalue weighted by atomic mass is 79.9. The predicted molar refractivity (Wildman–Crippen MR) is 68.1 cm³/mol. The number of aryl methyl sites for hydroxylation is 1. The molecule has 0 fully saturated rings. The molecule has 0 aliphatic heterocycles. The minimum Gasteiger partial charge on any atom is -0.293 e. The van der Waals surface area contributed by atoms with Crippen molar-refractivity contribution in [2.45, 2.75) is 31.0 Å². The van der Waals surface area contributed by atoms with Crippen LogP contribution in [0.3, 0.4) is 0 Å². The van der Waals surface area contributed by atoms with Crippen LogP contribution in [0.15, 0.2) is 18.2 Å². The van der Waals surface area contributed by atoms with Gasteiger partial charge in [-0.3, -0.25) is 4.79 Å². The molecule has 0 saturated carbocycles. The topological polar surface area (TPSA) is 17.1 Å². The number of benzene rings is 1. The highest BCUT2D eigenvalue weighted by Crippen LogP contribution is 2.18. The van der Waals surface area contributed by atoms with Crippen LogP contribution >= 0.6 is 27.5 Å². The maximum Gasteiger partial charge on any atom is 0.176 e. The highest BCUT2D eigenvalue weighted by molar-refractivity contribution is 9.10. The van der Waals surface area contributed by atoms with Crippen LogP contribution in [0.25, 0.3) is 0 Å². The molecular weight excluding hydrogens is 275 g/mol. The zero-order chi connectivity index (χ0) is 11.4. The number of hydrogen-bond acceptors (Lipinski definition) is 1. The Bertz CT molecular complexity index is 361. The largest absolute Gasteiger partial charge is 0.293 e. The smallest absolute Gasteiger partial charge is 0.176 e. The molecule has 0 saturated heterocycles. The van der Waals surface area contributed by atoms with Crippen molar-refractivity contribution in [3.63, 3.8) is 0 Å². The van der Waals surface area contributed by atoms with Crippen LogP contribution < -0.4 is 0 Å². The van der Waals surface area contributed by atoms with E-state index in [2.05, 4.69) is 15.9 Å². The molecule has 15 heavy (non-hydrogen) atoms. The van der Waals surface area contributed by atoms with Gasteiger partial charge in [-0.25, -0.2) is 0 Å². The van der Waals surface area contributed by atoms with Crippen molar-refractivity contribution in [1.82, 2.24) is 0 Å². The molecule has 0 heterocycles. The first-order chi connectivity index (χ1) is 7.10. The van der Waals surface area contributed by atoms with Gasteiger partial charge in [0.1, 0.15) is 0 Å². The van der Waals surface area contributed by atoms with Crippen molar-refractivity contribution in [3.8, 4) is 0 Å². The molecule has 0 spiro atoms. The summed E-state index contributed by atoms with van der Waals surface area (Å²) in [5.41, 5.74) is 2.94. The maximum absolute atomic E-state index is 11.8. The number of halogens is 2. The fourth-order valence-corrected chi connectivity index (χ4v) is 1.89. The first-order valence-corrected chi connectivity index (χ1v) is 6.41. The fraction of sp³-hybridized carbons (Fsp3) is 0.417. The Hall–Kier alpha value is -0.340. The Kier molecular flexibility index (Phi) is 4.81. The molecule has 0 N–H and O–H groups in total. The second-order valence-electron chi connectivity index (χ2n) is 3.46. The molecule has 1 aromatic carbocycles. The van der Waals surface area contributed by atoms with E-state index in [1.807, 2.05) is 32.0 Å². The molecule has 3 heteroatoms. The SMILES string of the molecule is CCc1cc(CCl)ccc1C(=O)C(C)Br. The van der Waals surface area contributed by atoms with Crippen molar-refractivity contribution in [1.29, 1.82) is 0 Å². The van der Waals surface area contributed by atoms with Gasteiger partial charge >= 0.3 is 0 Å². The molecule has 0 bridgehead atoms. The lowest BCUT2D eigenvalue weighted by Crippen LogP contribution is -2.12. The van der Waals surface area contributed by atoms with Gasteiger partial charge < -0.3 is 0 Å². The minimum atomic E-state index is -0.135. The van der Waals surface area contributed by atoms with Crippen molar-refractivity contribution in [2.75, 3.05) is 0 Å². The molecule has 1 atom stereocenters. The molecule has 0 aliphatic rings.